The van der Waals surface area contributed by atoms with Gasteiger partial charge in [-0.15, -0.1) is 10.2 Å². The van der Waals surface area contributed by atoms with Gasteiger partial charge in [-0.05, 0) is 29.5 Å². The monoisotopic (exact) mass is 435 g/mol. The quantitative estimate of drug-likeness (QED) is 0.620. The molecule has 0 spiro atoms. The average molecular weight is 436 g/mol. The van der Waals surface area contributed by atoms with Gasteiger partial charge in [0.25, 0.3) is 0 Å². The Kier molecular flexibility index (Phi) is 5.99. The number of anilines is 1. The second kappa shape index (κ2) is 8.85. The van der Waals surface area contributed by atoms with Gasteiger partial charge in [-0.1, -0.05) is 65.9 Å². The molecule has 2 amide bonds. The van der Waals surface area contributed by atoms with Crippen LogP contribution in [0.1, 0.15) is 17.0 Å². The van der Waals surface area contributed by atoms with Crippen molar-refractivity contribution in [3.8, 4) is 11.1 Å². The lowest BCUT2D eigenvalue weighted by molar-refractivity contribution is -0.132. The number of nitrogens with zero attached hydrogens (tertiary/aromatic N) is 3. The Hall–Kier alpha value is -3.26. The van der Waals surface area contributed by atoms with Gasteiger partial charge < -0.3 is 16.0 Å². The molecule has 160 valence electrons. The van der Waals surface area contributed by atoms with Gasteiger partial charge >= 0.3 is 0 Å². The van der Waals surface area contributed by atoms with Gasteiger partial charge in [0.05, 0.1) is 11.8 Å². The number of amides is 2. The van der Waals surface area contributed by atoms with Crippen molar-refractivity contribution in [2.24, 2.45) is 5.41 Å². The summed E-state index contributed by atoms with van der Waals surface area (Å²) in [5.74, 6) is -0.0934. The molecule has 1 atom stereocenters. The van der Waals surface area contributed by atoms with E-state index in [1.165, 1.54) is 11.3 Å². The zero-order valence-corrected chi connectivity index (χ0v) is 18.2. The summed E-state index contributed by atoms with van der Waals surface area (Å²) in [6, 6.07) is 18.3. The van der Waals surface area contributed by atoms with Crippen LogP contribution in [0.25, 0.3) is 11.1 Å². The molecule has 1 saturated heterocycles. The minimum atomic E-state index is -0.671. The highest BCUT2D eigenvalue weighted by Crippen LogP contribution is 2.37. The maximum Gasteiger partial charge on any atom is 0.229 e. The number of nitrogens with two attached hydrogens (primary N) is 1. The van der Waals surface area contributed by atoms with E-state index < -0.39 is 5.41 Å². The van der Waals surface area contributed by atoms with Crippen molar-refractivity contribution in [3.63, 3.8) is 0 Å². The summed E-state index contributed by atoms with van der Waals surface area (Å²) in [5, 5.41) is 11.5. The van der Waals surface area contributed by atoms with Crippen molar-refractivity contribution in [2.45, 2.75) is 19.3 Å². The molecule has 1 aliphatic rings. The third-order valence-corrected chi connectivity index (χ3v) is 6.58. The van der Waals surface area contributed by atoms with Crippen molar-refractivity contribution in [3.05, 3.63) is 65.2 Å². The molecule has 1 fully saturated rings. The first-order valence-electron chi connectivity index (χ1n) is 10.2. The van der Waals surface area contributed by atoms with Gasteiger partial charge in [0, 0.05) is 20.1 Å². The Labute approximate surface area is 185 Å². The fraction of sp³-hybridized carbons (Fsp3) is 0.304. The molecule has 3 N–H and O–H groups in total. The van der Waals surface area contributed by atoms with E-state index in [0.717, 1.165) is 16.7 Å². The van der Waals surface area contributed by atoms with Gasteiger partial charge in [-0.3, -0.25) is 9.59 Å². The van der Waals surface area contributed by atoms with E-state index in [0.29, 0.717) is 36.1 Å². The van der Waals surface area contributed by atoms with Crippen LogP contribution >= 0.6 is 11.3 Å². The Morgan fingerprint density at radius 3 is 2.58 bits per heavy atom. The van der Waals surface area contributed by atoms with Gasteiger partial charge in [0.2, 0.25) is 16.9 Å². The largest absolute Gasteiger partial charge is 0.374 e. The molecular formula is C23H25N5O2S. The summed E-state index contributed by atoms with van der Waals surface area (Å²) in [5.41, 5.74) is 8.28. The van der Waals surface area contributed by atoms with E-state index in [1.807, 2.05) is 30.3 Å². The minimum Gasteiger partial charge on any atom is -0.374 e. The van der Waals surface area contributed by atoms with Gasteiger partial charge in [0.1, 0.15) is 5.01 Å². The van der Waals surface area contributed by atoms with Crippen LogP contribution in [0.5, 0.6) is 0 Å². The second-order valence-electron chi connectivity index (χ2n) is 7.84. The molecule has 2 heterocycles. The van der Waals surface area contributed by atoms with Crippen molar-refractivity contribution in [1.82, 2.24) is 20.4 Å². The predicted molar refractivity (Wildman–Crippen MR) is 121 cm³/mol. The van der Waals surface area contributed by atoms with Gasteiger partial charge in [-0.25, -0.2) is 0 Å². The summed E-state index contributed by atoms with van der Waals surface area (Å²) in [6.45, 7) is 0.914. The Morgan fingerprint density at radius 2 is 1.87 bits per heavy atom. The molecule has 1 aliphatic heterocycles. The number of rotatable bonds is 6. The number of nitrogens with one attached hydrogen (secondary N) is 1. The van der Waals surface area contributed by atoms with Crippen LogP contribution in [0.15, 0.2) is 54.6 Å². The summed E-state index contributed by atoms with van der Waals surface area (Å²) in [6.07, 6.45) is 1.33. The van der Waals surface area contributed by atoms with Gasteiger partial charge in [-0.2, -0.15) is 0 Å². The number of hydrogen-bond donors (Lipinski definition) is 2. The van der Waals surface area contributed by atoms with E-state index in [4.69, 9.17) is 5.73 Å². The number of carbonyl (C=O) groups is 2. The van der Waals surface area contributed by atoms with E-state index >= 15 is 0 Å². The Morgan fingerprint density at radius 1 is 1.13 bits per heavy atom. The Balaban J connectivity index is 1.58. The topological polar surface area (TPSA) is 101 Å². The standard InChI is InChI=1S/C23H25N5O2S/c1-25-21(30)23(11-12-28(15-23)20(29)13-19-26-27-22(24)31-19)14-17-9-5-6-10-18(17)16-7-3-2-4-8-16/h2-10H,11-15H2,1H3,(H2,24,27)(H,25,30)/t23-/m1/s1. The lowest BCUT2D eigenvalue weighted by Crippen LogP contribution is -2.44. The zero-order valence-electron chi connectivity index (χ0n) is 17.4. The molecule has 0 aliphatic carbocycles. The Bertz CT molecular complexity index is 1080. The predicted octanol–water partition coefficient (Wildman–Crippen LogP) is 2.54. The van der Waals surface area contributed by atoms with Crippen LogP contribution in [0, 0.1) is 5.41 Å². The van der Waals surface area contributed by atoms with Crippen LogP contribution < -0.4 is 11.1 Å². The number of benzene rings is 2. The number of hydrogen-bond acceptors (Lipinski definition) is 6. The fourth-order valence-corrected chi connectivity index (χ4v) is 4.88. The van der Waals surface area contributed by atoms with Crippen LogP contribution in [-0.4, -0.2) is 47.0 Å². The van der Waals surface area contributed by atoms with E-state index in [2.05, 4.69) is 39.8 Å². The van der Waals surface area contributed by atoms with Crippen molar-refractivity contribution in [1.29, 1.82) is 0 Å². The first-order valence-corrected chi connectivity index (χ1v) is 11.0. The summed E-state index contributed by atoms with van der Waals surface area (Å²) < 4.78 is 0. The van der Waals surface area contributed by atoms with E-state index in [9.17, 15) is 9.59 Å². The third-order valence-electron chi connectivity index (χ3n) is 5.83. The molecular weight excluding hydrogens is 410 g/mol. The molecule has 3 aromatic rings. The molecule has 0 bridgehead atoms. The third kappa shape index (κ3) is 4.44. The first-order chi connectivity index (χ1) is 15.0. The molecule has 8 heteroatoms. The number of nitrogen functional groups attached to an aromatic ring is 1. The number of aromatic nitrogens is 2. The fourth-order valence-electron chi connectivity index (χ4n) is 4.28. The molecule has 4 rings (SSSR count). The summed E-state index contributed by atoms with van der Waals surface area (Å²) >= 11 is 1.22. The molecule has 7 nitrogen and oxygen atoms in total. The summed E-state index contributed by atoms with van der Waals surface area (Å²) in [7, 11) is 1.65. The normalized spacial score (nSPS) is 18.2. The SMILES string of the molecule is CNC(=O)[C@@]1(Cc2ccccc2-c2ccccc2)CCN(C(=O)Cc2nnc(N)s2)C1. The highest BCUT2D eigenvalue weighted by Gasteiger charge is 2.45. The van der Waals surface area contributed by atoms with Crippen LogP contribution in [0.3, 0.4) is 0 Å². The van der Waals surface area contributed by atoms with Crippen LogP contribution in [0.2, 0.25) is 0 Å². The highest BCUT2D eigenvalue weighted by atomic mass is 32.1. The van der Waals surface area contributed by atoms with Crippen molar-refractivity contribution >= 4 is 28.3 Å². The molecule has 0 unspecified atom stereocenters. The van der Waals surface area contributed by atoms with Crippen LogP contribution in [0.4, 0.5) is 5.13 Å². The maximum atomic E-state index is 13.0. The minimum absolute atomic E-state index is 0.0363. The van der Waals surface area contributed by atoms with Crippen molar-refractivity contribution in [2.75, 3.05) is 25.9 Å². The van der Waals surface area contributed by atoms with Gasteiger partial charge in [0.15, 0.2) is 0 Å². The number of likely N-dealkylation sites (tertiary alicyclic amines) is 1. The second-order valence-corrected chi connectivity index (χ2v) is 8.93. The van der Waals surface area contributed by atoms with E-state index in [1.54, 1.807) is 11.9 Å². The lowest BCUT2D eigenvalue weighted by Gasteiger charge is -2.28. The molecule has 0 radical (unpaired) electrons. The first kappa shape index (κ1) is 21.0. The molecule has 1 aromatic heterocycles. The smallest absolute Gasteiger partial charge is 0.229 e. The maximum absolute atomic E-state index is 13.0. The summed E-state index contributed by atoms with van der Waals surface area (Å²) in [4.78, 5) is 27.6. The van der Waals surface area contributed by atoms with E-state index in [-0.39, 0.29) is 18.2 Å². The lowest BCUT2D eigenvalue weighted by atomic mass is 9.78. The number of carbonyl (C=O) groups excluding carboxylic acids is 2. The van der Waals surface area contributed by atoms with Crippen LogP contribution in [-0.2, 0) is 22.4 Å². The molecule has 2 aromatic carbocycles. The zero-order chi connectivity index (χ0) is 21.8. The average Bonchev–Trinajstić information content (AvgIpc) is 3.41. The molecule has 31 heavy (non-hydrogen) atoms. The molecule has 0 saturated carbocycles. The van der Waals surface area contributed by atoms with Crippen molar-refractivity contribution < 1.29 is 9.59 Å². The highest BCUT2D eigenvalue weighted by molar-refractivity contribution is 7.15.